The minimum absolute atomic E-state index is 0.115. The van der Waals surface area contributed by atoms with E-state index >= 15 is 0 Å². The lowest BCUT2D eigenvalue weighted by Gasteiger charge is -2.28. The molecule has 2 atom stereocenters. The number of rotatable bonds is 2. The van der Waals surface area contributed by atoms with Crippen molar-refractivity contribution in [3.8, 4) is 0 Å². The summed E-state index contributed by atoms with van der Waals surface area (Å²) >= 11 is 3.23. The quantitative estimate of drug-likeness (QED) is 0.873. The van der Waals surface area contributed by atoms with Crippen molar-refractivity contribution in [2.75, 3.05) is 13.1 Å². The summed E-state index contributed by atoms with van der Waals surface area (Å²) < 4.78 is 14.3. The molecule has 16 heavy (non-hydrogen) atoms. The molecule has 0 saturated carbocycles. The molecule has 1 fully saturated rings. The predicted molar refractivity (Wildman–Crippen MR) is 64.8 cm³/mol. The molecule has 0 amide bonds. The van der Waals surface area contributed by atoms with Gasteiger partial charge in [-0.3, -0.25) is 0 Å². The van der Waals surface area contributed by atoms with E-state index in [0.29, 0.717) is 12.0 Å². The number of piperidine rings is 1. The summed E-state index contributed by atoms with van der Waals surface area (Å²) in [5.41, 5.74) is 0.677. The predicted octanol–water partition coefficient (Wildman–Crippen LogP) is 2.10. The van der Waals surface area contributed by atoms with E-state index in [1.54, 1.807) is 6.07 Å². The third-order valence-electron chi connectivity index (χ3n) is 3.06. The fourth-order valence-electron chi connectivity index (χ4n) is 2.09. The minimum atomic E-state index is -0.315. The van der Waals surface area contributed by atoms with Crippen LogP contribution < -0.4 is 5.32 Å². The van der Waals surface area contributed by atoms with Crippen LogP contribution in [0.4, 0.5) is 4.39 Å². The number of benzene rings is 1. The molecular weight excluding hydrogens is 273 g/mol. The average molecular weight is 288 g/mol. The van der Waals surface area contributed by atoms with E-state index in [1.165, 1.54) is 6.07 Å². The Hall–Kier alpha value is -0.450. The molecule has 4 heteroatoms. The lowest BCUT2D eigenvalue weighted by molar-refractivity contribution is 0.0787. The minimum Gasteiger partial charge on any atom is -0.393 e. The molecule has 0 spiro atoms. The van der Waals surface area contributed by atoms with Gasteiger partial charge in [-0.2, -0.15) is 0 Å². The van der Waals surface area contributed by atoms with Gasteiger partial charge in [-0.1, -0.05) is 22.0 Å². The first-order valence-electron chi connectivity index (χ1n) is 5.49. The normalized spacial score (nSPS) is 25.7. The lowest BCUT2D eigenvalue weighted by Crippen LogP contribution is -2.40. The van der Waals surface area contributed by atoms with Crippen molar-refractivity contribution >= 4 is 15.9 Å². The summed E-state index contributed by atoms with van der Waals surface area (Å²) in [6.07, 6.45) is 1.03. The van der Waals surface area contributed by atoms with Gasteiger partial charge in [0.2, 0.25) is 0 Å². The Kier molecular flexibility index (Phi) is 3.95. The van der Waals surface area contributed by atoms with Crippen LogP contribution in [0.1, 0.15) is 12.0 Å². The number of nitrogens with one attached hydrogen (secondary N) is 1. The second kappa shape index (κ2) is 5.25. The molecule has 0 radical (unpaired) electrons. The van der Waals surface area contributed by atoms with E-state index in [4.69, 9.17) is 0 Å². The third kappa shape index (κ3) is 2.81. The molecule has 1 aromatic rings. The fraction of sp³-hybridized carbons (Fsp3) is 0.500. The van der Waals surface area contributed by atoms with Gasteiger partial charge in [0, 0.05) is 16.9 Å². The van der Waals surface area contributed by atoms with Crippen molar-refractivity contribution in [1.82, 2.24) is 5.32 Å². The highest BCUT2D eigenvalue weighted by Gasteiger charge is 2.23. The van der Waals surface area contributed by atoms with Gasteiger partial charge in [0.25, 0.3) is 0 Å². The van der Waals surface area contributed by atoms with E-state index in [-0.39, 0.29) is 17.8 Å². The van der Waals surface area contributed by atoms with Crippen molar-refractivity contribution in [3.63, 3.8) is 0 Å². The Morgan fingerprint density at radius 2 is 2.31 bits per heavy atom. The molecule has 0 bridgehead atoms. The van der Waals surface area contributed by atoms with Crippen LogP contribution in [0, 0.1) is 11.7 Å². The van der Waals surface area contributed by atoms with Gasteiger partial charge in [0.1, 0.15) is 5.82 Å². The maximum atomic E-state index is 13.6. The van der Waals surface area contributed by atoms with Gasteiger partial charge < -0.3 is 10.4 Å². The zero-order valence-electron chi connectivity index (χ0n) is 8.92. The highest BCUT2D eigenvalue weighted by molar-refractivity contribution is 9.10. The van der Waals surface area contributed by atoms with Crippen molar-refractivity contribution < 1.29 is 9.50 Å². The smallest absolute Gasteiger partial charge is 0.127 e. The molecule has 1 heterocycles. The Morgan fingerprint density at radius 1 is 1.50 bits per heavy atom. The summed E-state index contributed by atoms with van der Waals surface area (Å²) in [4.78, 5) is 0. The summed E-state index contributed by atoms with van der Waals surface area (Å²) in [5, 5.41) is 13.0. The van der Waals surface area contributed by atoms with Gasteiger partial charge in [-0.15, -0.1) is 0 Å². The van der Waals surface area contributed by atoms with E-state index in [9.17, 15) is 9.50 Å². The summed E-state index contributed by atoms with van der Waals surface area (Å²) in [5.74, 6) is -0.0865. The van der Waals surface area contributed by atoms with Crippen molar-refractivity contribution in [2.24, 2.45) is 5.92 Å². The molecule has 2 unspecified atom stereocenters. The molecule has 1 aliphatic heterocycles. The van der Waals surface area contributed by atoms with Crippen molar-refractivity contribution in [1.29, 1.82) is 0 Å². The Balaban J connectivity index is 2.07. The molecule has 0 aromatic heterocycles. The highest BCUT2D eigenvalue weighted by Crippen LogP contribution is 2.21. The molecule has 1 aliphatic rings. The summed E-state index contributed by atoms with van der Waals surface area (Å²) in [6, 6.07) is 5.08. The molecule has 2 rings (SSSR count). The number of aliphatic hydroxyl groups is 1. The summed E-state index contributed by atoms with van der Waals surface area (Å²) in [7, 11) is 0. The van der Waals surface area contributed by atoms with E-state index in [1.807, 2.05) is 6.07 Å². The largest absolute Gasteiger partial charge is 0.393 e. The van der Waals surface area contributed by atoms with Crippen LogP contribution in [-0.2, 0) is 6.42 Å². The maximum absolute atomic E-state index is 13.6. The molecule has 1 saturated heterocycles. The molecule has 2 N–H and O–H groups in total. The monoisotopic (exact) mass is 287 g/mol. The Bertz CT molecular complexity index is 372. The SMILES string of the molecule is OC1CCNCC1Cc1ccc(Br)cc1F. The Labute approximate surface area is 103 Å². The van der Waals surface area contributed by atoms with E-state index in [2.05, 4.69) is 21.2 Å². The van der Waals surface area contributed by atoms with Gasteiger partial charge in [0.05, 0.1) is 6.10 Å². The standard InChI is InChI=1S/C12H15BrFNO/c13-10-2-1-8(11(14)6-10)5-9-7-15-4-3-12(9)16/h1-2,6,9,12,15-16H,3-5,7H2. The van der Waals surface area contributed by atoms with Crippen LogP contribution in [0.3, 0.4) is 0 Å². The van der Waals surface area contributed by atoms with Crippen molar-refractivity contribution in [3.05, 3.63) is 34.1 Å². The molecular formula is C12H15BrFNO. The van der Waals surface area contributed by atoms with Crippen LogP contribution in [0.2, 0.25) is 0 Å². The van der Waals surface area contributed by atoms with Crippen molar-refractivity contribution in [2.45, 2.75) is 18.9 Å². The molecule has 0 aliphatic carbocycles. The van der Waals surface area contributed by atoms with Crippen LogP contribution in [-0.4, -0.2) is 24.3 Å². The van der Waals surface area contributed by atoms with Gasteiger partial charge in [-0.05, 0) is 37.1 Å². The van der Waals surface area contributed by atoms with Crippen LogP contribution >= 0.6 is 15.9 Å². The first kappa shape index (κ1) is 12.0. The topological polar surface area (TPSA) is 32.3 Å². The van der Waals surface area contributed by atoms with E-state index in [0.717, 1.165) is 24.0 Å². The number of aliphatic hydroxyl groups excluding tert-OH is 1. The third-order valence-corrected chi connectivity index (χ3v) is 3.56. The number of hydrogen-bond donors (Lipinski definition) is 2. The first-order chi connectivity index (χ1) is 7.66. The fourth-order valence-corrected chi connectivity index (χ4v) is 2.42. The molecule has 88 valence electrons. The first-order valence-corrected chi connectivity index (χ1v) is 6.29. The van der Waals surface area contributed by atoms with Crippen LogP contribution in [0.25, 0.3) is 0 Å². The second-order valence-corrected chi connectivity index (χ2v) is 5.18. The average Bonchev–Trinajstić information content (AvgIpc) is 2.25. The van der Waals surface area contributed by atoms with Gasteiger partial charge in [0.15, 0.2) is 0 Å². The number of hydrogen-bond acceptors (Lipinski definition) is 2. The molecule has 2 nitrogen and oxygen atoms in total. The van der Waals surface area contributed by atoms with Crippen LogP contribution in [0.5, 0.6) is 0 Å². The Morgan fingerprint density at radius 3 is 3.00 bits per heavy atom. The number of halogens is 2. The zero-order chi connectivity index (χ0) is 11.5. The summed E-state index contributed by atoms with van der Waals surface area (Å²) in [6.45, 7) is 1.61. The lowest BCUT2D eigenvalue weighted by atomic mass is 9.89. The maximum Gasteiger partial charge on any atom is 0.127 e. The van der Waals surface area contributed by atoms with Gasteiger partial charge in [-0.25, -0.2) is 4.39 Å². The zero-order valence-corrected chi connectivity index (χ0v) is 10.5. The van der Waals surface area contributed by atoms with Crippen LogP contribution in [0.15, 0.2) is 22.7 Å². The van der Waals surface area contributed by atoms with E-state index < -0.39 is 0 Å². The second-order valence-electron chi connectivity index (χ2n) is 4.26. The van der Waals surface area contributed by atoms with Gasteiger partial charge >= 0.3 is 0 Å². The highest BCUT2D eigenvalue weighted by atomic mass is 79.9. The molecule has 1 aromatic carbocycles.